The molecule has 0 amide bonds. The second-order valence-corrected chi connectivity index (χ2v) is 6.55. The van der Waals surface area contributed by atoms with E-state index >= 15 is 0 Å². The van der Waals surface area contributed by atoms with Crippen LogP contribution in [0.25, 0.3) is 0 Å². The van der Waals surface area contributed by atoms with Gasteiger partial charge in [-0.3, -0.25) is 9.80 Å². The van der Waals surface area contributed by atoms with Gasteiger partial charge >= 0.3 is 0 Å². The molecule has 2 heterocycles. The molecular formula is C18H29N3. The summed E-state index contributed by atoms with van der Waals surface area (Å²) in [4.78, 5) is 5.37. The quantitative estimate of drug-likeness (QED) is 0.897. The van der Waals surface area contributed by atoms with E-state index in [2.05, 4.69) is 52.4 Å². The van der Waals surface area contributed by atoms with Crippen LogP contribution < -0.4 is 5.32 Å². The van der Waals surface area contributed by atoms with Crippen LogP contribution in [0.5, 0.6) is 0 Å². The Morgan fingerprint density at radius 2 is 1.95 bits per heavy atom. The highest BCUT2D eigenvalue weighted by Gasteiger charge is 2.30. The van der Waals surface area contributed by atoms with E-state index in [1.54, 1.807) is 0 Å². The van der Waals surface area contributed by atoms with E-state index in [0.29, 0.717) is 0 Å². The van der Waals surface area contributed by atoms with Gasteiger partial charge in [-0.05, 0) is 37.9 Å². The van der Waals surface area contributed by atoms with Gasteiger partial charge in [0.15, 0.2) is 0 Å². The maximum atomic E-state index is 3.61. The van der Waals surface area contributed by atoms with Gasteiger partial charge in [0, 0.05) is 38.3 Å². The van der Waals surface area contributed by atoms with E-state index in [1.807, 2.05) is 0 Å². The summed E-state index contributed by atoms with van der Waals surface area (Å²) in [7, 11) is 0. The molecule has 1 aromatic rings. The van der Waals surface area contributed by atoms with Crippen molar-refractivity contribution in [2.45, 2.75) is 44.8 Å². The molecule has 21 heavy (non-hydrogen) atoms. The molecule has 0 aromatic heterocycles. The molecule has 0 aliphatic carbocycles. The maximum Gasteiger partial charge on any atom is 0.0234 e. The third kappa shape index (κ3) is 4.06. The second kappa shape index (κ2) is 7.39. The van der Waals surface area contributed by atoms with Crippen LogP contribution >= 0.6 is 0 Å². The van der Waals surface area contributed by atoms with Gasteiger partial charge in [-0.1, -0.05) is 37.3 Å². The second-order valence-electron chi connectivity index (χ2n) is 6.55. The minimum atomic E-state index is 0.722. The molecule has 2 unspecified atom stereocenters. The van der Waals surface area contributed by atoms with Crippen LogP contribution in [0.15, 0.2) is 30.3 Å². The number of benzene rings is 1. The molecule has 2 saturated heterocycles. The van der Waals surface area contributed by atoms with Gasteiger partial charge in [-0.15, -0.1) is 0 Å². The van der Waals surface area contributed by atoms with Crippen molar-refractivity contribution in [3.8, 4) is 0 Å². The summed E-state index contributed by atoms with van der Waals surface area (Å²) in [6, 6.07) is 12.4. The molecule has 3 nitrogen and oxygen atoms in total. The number of piperidine rings is 1. The van der Waals surface area contributed by atoms with Crippen molar-refractivity contribution in [3.05, 3.63) is 35.9 Å². The number of likely N-dealkylation sites (tertiary alicyclic amines) is 2. The Balaban J connectivity index is 1.52. The van der Waals surface area contributed by atoms with E-state index in [4.69, 9.17) is 0 Å². The summed E-state index contributed by atoms with van der Waals surface area (Å²) < 4.78 is 0. The van der Waals surface area contributed by atoms with Crippen LogP contribution in [0.3, 0.4) is 0 Å². The highest BCUT2D eigenvalue weighted by atomic mass is 15.3. The monoisotopic (exact) mass is 287 g/mol. The van der Waals surface area contributed by atoms with Crippen LogP contribution in [0.2, 0.25) is 0 Å². The number of likely N-dealkylation sites (N-methyl/N-ethyl adjacent to an activating group) is 1. The van der Waals surface area contributed by atoms with E-state index in [-0.39, 0.29) is 0 Å². The minimum Gasteiger partial charge on any atom is -0.313 e. The van der Waals surface area contributed by atoms with Crippen molar-refractivity contribution in [2.75, 3.05) is 32.7 Å². The summed E-state index contributed by atoms with van der Waals surface area (Å²) in [5, 5.41) is 3.61. The summed E-state index contributed by atoms with van der Waals surface area (Å²) in [5.74, 6) is 0. The van der Waals surface area contributed by atoms with Crippen LogP contribution in [0.1, 0.15) is 31.7 Å². The van der Waals surface area contributed by atoms with Crippen molar-refractivity contribution >= 4 is 0 Å². The van der Waals surface area contributed by atoms with Gasteiger partial charge in [0.25, 0.3) is 0 Å². The molecule has 116 valence electrons. The molecule has 0 spiro atoms. The van der Waals surface area contributed by atoms with Crippen LogP contribution in [-0.2, 0) is 6.54 Å². The molecule has 3 rings (SSSR count). The molecule has 2 atom stereocenters. The first kappa shape index (κ1) is 15.0. The Kier molecular flexibility index (Phi) is 5.28. The minimum absolute atomic E-state index is 0.722. The average Bonchev–Trinajstić information content (AvgIpc) is 2.98. The van der Waals surface area contributed by atoms with E-state index in [9.17, 15) is 0 Å². The van der Waals surface area contributed by atoms with Gasteiger partial charge < -0.3 is 5.32 Å². The summed E-state index contributed by atoms with van der Waals surface area (Å²) in [6.45, 7) is 9.46. The Bertz CT molecular complexity index is 420. The van der Waals surface area contributed by atoms with Gasteiger partial charge in [0.1, 0.15) is 0 Å². The highest BCUT2D eigenvalue weighted by Crippen LogP contribution is 2.22. The Morgan fingerprint density at radius 3 is 2.76 bits per heavy atom. The first-order chi connectivity index (χ1) is 10.3. The van der Waals surface area contributed by atoms with E-state index < -0.39 is 0 Å². The first-order valence-corrected chi connectivity index (χ1v) is 8.59. The Hall–Kier alpha value is -0.900. The van der Waals surface area contributed by atoms with Crippen molar-refractivity contribution in [1.82, 2.24) is 15.1 Å². The predicted molar refractivity (Wildman–Crippen MR) is 88.4 cm³/mol. The lowest BCUT2D eigenvalue weighted by Crippen LogP contribution is -2.47. The number of nitrogens with one attached hydrogen (secondary N) is 1. The smallest absolute Gasteiger partial charge is 0.0234 e. The third-order valence-corrected chi connectivity index (χ3v) is 4.96. The number of rotatable bonds is 5. The van der Waals surface area contributed by atoms with Crippen LogP contribution in [0.4, 0.5) is 0 Å². The number of hydrogen-bond donors (Lipinski definition) is 1. The standard InChI is InChI=1S/C18H29N3/c1-2-19-17-10-12-21(14-17)18-9-6-11-20(15-18)13-16-7-4-3-5-8-16/h3-5,7-8,17-19H,2,6,9-15H2,1H3. The number of nitrogens with zero attached hydrogens (tertiary/aromatic N) is 2. The summed E-state index contributed by atoms with van der Waals surface area (Å²) in [5.41, 5.74) is 1.45. The fraction of sp³-hybridized carbons (Fsp3) is 0.667. The molecule has 2 aliphatic heterocycles. The fourth-order valence-corrected chi connectivity index (χ4v) is 3.89. The van der Waals surface area contributed by atoms with Gasteiger partial charge in [0.05, 0.1) is 0 Å². The molecule has 2 fully saturated rings. The molecule has 1 aromatic carbocycles. The average molecular weight is 287 g/mol. The molecule has 1 N–H and O–H groups in total. The maximum absolute atomic E-state index is 3.61. The molecule has 3 heteroatoms. The zero-order valence-electron chi connectivity index (χ0n) is 13.3. The predicted octanol–water partition coefficient (Wildman–Crippen LogP) is 2.33. The topological polar surface area (TPSA) is 18.5 Å². The lowest BCUT2D eigenvalue weighted by atomic mass is 10.0. The SMILES string of the molecule is CCNC1CCN(C2CCCN(Cc3ccccc3)C2)C1. The fourth-order valence-electron chi connectivity index (χ4n) is 3.89. The molecule has 2 aliphatic rings. The van der Waals surface area contributed by atoms with E-state index in [1.165, 1.54) is 51.0 Å². The van der Waals surface area contributed by atoms with Crippen molar-refractivity contribution < 1.29 is 0 Å². The van der Waals surface area contributed by atoms with Gasteiger partial charge in [-0.25, -0.2) is 0 Å². The normalized spacial score (nSPS) is 28.0. The van der Waals surface area contributed by atoms with Gasteiger partial charge in [0.2, 0.25) is 0 Å². The largest absolute Gasteiger partial charge is 0.313 e. The van der Waals surface area contributed by atoms with Crippen molar-refractivity contribution in [3.63, 3.8) is 0 Å². The molecule has 0 saturated carbocycles. The van der Waals surface area contributed by atoms with Crippen molar-refractivity contribution in [2.24, 2.45) is 0 Å². The van der Waals surface area contributed by atoms with Crippen LogP contribution in [-0.4, -0.2) is 54.6 Å². The number of hydrogen-bond acceptors (Lipinski definition) is 3. The van der Waals surface area contributed by atoms with E-state index in [0.717, 1.165) is 25.2 Å². The molecule has 0 bridgehead atoms. The molecule has 0 radical (unpaired) electrons. The Morgan fingerprint density at radius 1 is 1.10 bits per heavy atom. The summed E-state index contributed by atoms with van der Waals surface area (Å²) in [6.07, 6.45) is 4.05. The Labute approximate surface area is 129 Å². The van der Waals surface area contributed by atoms with Crippen molar-refractivity contribution in [1.29, 1.82) is 0 Å². The zero-order chi connectivity index (χ0) is 14.5. The molecular weight excluding hydrogens is 258 g/mol. The highest BCUT2D eigenvalue weighted by molar-refractivity contribution is 5.14. The lowest BCUT2D eigenvalue weighted by molar-refractivity contribution is 0.109. The zero-order valence-corrected chi connectivity index (χ0v) is 13.3. The lowest BCUT2D eigenvalue weighted by Gasteiger charge is -2.37. The third-order valence-electron chi connectivity index (χ3n) is 4.96. The first-order valence-electron chi connectivity index (χ1n) is 8.59. The van der Waals surface area contributed by atoms with Gasteiger partial charge in [-0.2, -0.15) is 0 Å². The van der Waals surface area contributed by atoms with Crippen LogP contribution in [0, 0.1) is 0 Å². The summed E-state index contributed by atoms with van der Waals surface area (Å²) >= 11 is 0.